The Hall–Kier alpha value is -1.32. The van der Waals surface area contributed by atoms with Crippen molar-refractivity contribution in [2.75, 3.05) is 0 Å². The van der Waals surface area contributed by atoms with Crippen molar-refractivity contribution in [1.82, 2.24) is 5.16 Å². The van der Waals surface area contributed by atoms with E-state index in [1.165, 1.54) is 0 Å². The standard InChI is InChI=1S/C12H17NO3/c1-7(2)6-9-10(12(14)15)11(13-16-9)8-4-3-5-8/h7-8H,3-6H2,1-2H3,(H,14,15). The zero-order valence-corrected chi connectivity index (χ0v) is 9.69. The molecule has 1 aliphatic carbocycles. The van der Waals surface area contributed by atoms with E-state index in [1.807, 2.05) is 13.8 Å². The minimum Gasteiger partial charge on any atom is -0.477 e. The molecular weight excluding hydrogens is 206 g/mol. The Labute approximate surface area is 94.6 Å². The van der Waals surface area contributed by atoms with Gasteiger partial charge in [0, 0.05) is 12.3 Å². The number of hydrogen-bond donors (Lipinski definition) is 1. The van der Waals surface area contributed by atoms with Crippen LogP contribution in [0.25, 0.3) is 0 Å². The summed E-state index contributed by atoms with van der Waals surface area (Å²) in [6.07, 6.45) is 3.87. The van der Waals surface area contributed by atoms with Crippen molar-refractivity contribution < 1.29 is 14.4 Å². The Morgan fingerprint density at radius 3 is 2.69 bits per heavy atom. The highest BCUT2D eigenvalue weighted by Crippen LogP contribution is 2.38. The first kappa shape index (κ1) is 11.2. The summed E-state index contributed by atoms with van der Waals surface area (Å²) in [6, 6.07) is 0. The van der Waals surface area contributed by atoms with Crippen LogP contribution in [0.4, 0.5) is 0 Å². The van der Waals surface area contributed by atoms with Crippen LogP contribution >= 0.6 is 0 Å². The van der Waals surface area contributed by atoms with Gasteiger partial charge in [-0.1, -0.05) is 25.4 Å². The predicted molar refractivity (Wildman–Crippen MR) is 58.6 cm³/mol. The van der Waals surface area contributed by atoms with Crippen molar-refractivity contribution in [3.63, 3.8) is 0 Å². The minimum absolute atomic E-state index is 0.302. The number of aromatic carboxylic acids is 1. The molecule has 88 valence electrons. The minimum atomic E-state index is -0.904. The molecule has 0 unspecified atom stereocenters. The van der Waals surface area contributed by atoms with Crippen molar-refractivity contribution in [3.05, 3.63) is 17.0 Å². The normalized spacial score (nSPS) is 16.4. The van der Waals surface area contributed by atoms with Crippen LogP contribution in [-0.4, -0.2) is 16.2 Å². The van der Waals surface area contributed by atoms with Gasteiger partial charge in [-0.05, 0) is 18.8 Å². The SMILES string of the molecule is CC(C)Cc1onc(C2CCC2)c1C(=O)O. The molecule has 1 N–H and O–H groups in total. The summed E-state index contributed by atoms with van der Waals surface area (Å²) in [7, 11) is 0. The molecule has 0 aromatic carbocycles. The van der Waals surface area contributed by atoms with Crippen LogP contribution in [0, 0.1) is 5.92 Å². The first-order valence-corrected chi connectivity index (χ1v) is 5.81. The third kappa shape index (κ3) is 1.96. The van der Waals surface area contributed by atoms with E-state index >= 15 is 0 Å². The first-order chi connectivity index (χ1) is 7.59. The molecule has 1 fully saturated rings. The molecule has 0 atom stereocenters. The lowest BCUT2D eigenvalue weighted by atomic mass is 9.81. The summed E-state index contributed by atoms with van der Waals surface area (Å²) in [4.78, 5) is 11.2. The smallest absolute Gasteiger partial charge is 0.341 e. The maximum atomic E-state index is 11.2. The molecule has 0 bridgehead atoms. The third-order valence-electron chi connectivity index (χ3n) is 3.09. The average molecular weight is 223 g/mol. The monoisotopic (exact) mass is 223 g/mol. The Bertz CT molecular complexity index is 391. The Morgan fingerprint density at radius 1 is 1.56 bits per heavy atom. The second kappa shape index (κ2) is 4.28. The Balaban J connectivity index is 2.31. The second-order valence-corrected chi connectivity index (χ2v) is 4.90. The lowest BCUT2D eigenvalue weighted by Crippen LogP contribution is -2.14. The molecule has 0 amide bonds. The number of carboxylic acid groups (broad SMARTS) is 1. The van der Waals surface area contributed by atoms with Gasteiger partial charge in [0.2, 0.25) is 0 Å². The van der Waals surface area contributed by atoms with E-state index in [-0.39, 0.29) is 0 Å². The highest BCUT2D eigenvalue weighted by atomic mass is 16.5. The maximum Gasteiger partial charge on any atom is 0.341 e. The van der Waals surface area contributed by atoms with E-state index < -0.39 is 5.97 Å². The van der Waals surface area contributed by atoms with Crippen LogP contribution in [0.1, 0.15) is 60.8 Å². The van der Waals surface area contributed by atoms with Crippen molar-refractivity contribution in [2.24, 2.45) is 5.92 Å². The van der Waals surface area contributed by atoms with Gasteiger partial charge in [-0.15, -0.1) is 0 Å². The number of rotatable bonds is 4. The van der Waals surface area contributed by atoms with Gasteiger partial charge in [-0.2, -0.15) is 0 Å². The van der Waals surface area contributed by atoms with E-state index in [0.717, 1.165) is 19.3 Å². The van der Waals surface area contributed by atoms with Gasteiger partial charge in [-0.3, -0.25) is 0 Å². The van der Waals surface area contributed by atoms with E-state index in [2.05, 4.69) is 5.16 Å². The van der Waals surface area contributed by atoms with Gasteiger partial charge >= 0.3 is 5.97 Å². The fourth-order valence-electron chi connectivity index (χ4n) is 2.04. The van der Waals surface area contributed by atoms with Gasteiger partial charge < -0.3 is 9.63 Å². The fourth-order valence-corrected chi connectivity index (χ4v) is 2.04. The summed E-state index contributed by atoms with van der Waals surface area (Å²) >= 11 is 0. The third-order valence-corrected chi connectivity index (χ3v) is 3.09. The maximum absolute atomic E-state index is 11.2. The van der Waals surface area contributed by atoms with E-state index in [4.69, 9.17) is 4.52 Å². The summed E-state index contributed by atoms with van der Waals surface area (Å²) in [5, 5.41) is 13.2. The van der Waals surface area contributed by atoms with Gasteiger partial charge in [0.1, 0.15) is 11.3 Å². The van der Waals surface area contributed by atoms with Gasteiger partial charge in [0.15, 0.2) is 5.76 Å². The van der Waals surface area contributed by atoms with Gasteiger partial charge in [0.25, 0.3) is 0 Å². The lowest BCUT2D eigenvalue weighted by molar-refractivity contribution is 0.0692. The summed E-state index contributed by atoms with van der Waals surface area (Å²) in [5.74, 6) is 0.305. The van der Waals surface area contributed by atoms with Crippen molar-refractivity contribution >= 4 is 5.97 Å². The molecule has 0 saturated heterocycles. The average Bonchev–Trinajstić information content (AvgIpc) is 2.44. The fraction of sp³-hybridized carbons (Fsp3) is 0.667. The number of nitrogens with zero attached hydrogens (tertiary/aromatic N) is 1. The Morgan fingerprint density at radius 2 is 2.25 bits per heavy atom. The van der Waals surface area contributed by atoms with Crippen molar-refractivity contribution in [1.29, 1.82) is 0 Å². The zero-order valence-electron chi connectivity index (χ0n) is 9.69. The van der Waals surface area contributed by atoms with E-state index in [1.54, 1.807) is 0 Å². The molecule has 1 aromatic rings. The summed E-state index contributed by atoms with van der Waals surface area (Å²) < 4.78 is 5.19. The quantitative estimate of drug-likeness (QED) is 0.852. The molecule has 1 saturated carbocycles. The number of aromatic nitrogens is 1. The molecule has 1 aromatic heterocycles. The largest absolute Gasteiger partial charge is 0.477 e. The summed E-state index contributed by atoms with van der Waals surface area (Å²) in [6.45, 7) is 4.08. The highest BCUT2D eigenvalue weighted by molar-refractivity contribution is 5.90. The van der Waals surface area contributed by atoms with E-state index in [9.17, 15) is 9.90 Å². The first-order valence-electron chi connectivity index (χ1n) is 5.81. The topological polar surface area (TPSA) is 63.3 Å². The van der Waals surface area contributed by atoms with E-state index in [0.29, 0.717) is 35.3 Å². The number of carboxylic acids is 1. The number of hydrogen-bond acceptors (Lipinski definition) is 3. The van der Waals surface area contributed by atoms with Crippen LogP contribution in [-0.2, 0) is 6.42 Å². The molecule has 0 spiro atoms. The summed E-state index contributed by atoms with van der Waals surface area (Å²) in [5.41, 5.74) is 0.979. The van der Waals surface area contributed by atoms with Crippen molar-refractivity contribution in [3.8, 4) is 0 Å². The lowest BCUT2D eigenvalue weighted by Gasteiger charge is -2.23. The van der Waals surface area contributed by atoms with Crippen LogP contribution < -0.4 is 0 Å². The molecule has 1 aliphatic rings. The van der Waals surface area contributed by atoms with Crippen LogP contribution in [0.2, 0.25) is 0 Å². The predicted octanol–water partition coefficient (Wildman–Crippen LogP) is 2.84. The molecule has 16 heavy (non-hydrogen) atoms. The van der Waals surface area contributed by atoms with Crippen molar-refractivity contribution in [2.45, 2.75) is 45.4 Å². The molecule has 2 rings (SSSR count). The molecule has 1 heterocycles. The second-order valence-electron chi connectivity index (χ2n) is 4.90. The zero-order chi connectivity index (χ0) is 11.7. The molecule has 0 aliphatic heterocycles. The van der Waals surface area contributed by atoms with Crippen LogP contribution in [0.3, 0.4) is 0 Å². The Kier molecular flexibility index (Phi) is 2.99. The molecule has 4 nitrogen and oxygen atoms in total. The molecule has 4 heteroatoms. The molecule has 0 radical (unpaired) electrons. The van der Waals surface area contributed by atoms with Crippen LogP contribution in [0.15, 0.2) is 4.52 Å². The number of carbonyl (C=O) groups is 1. The van der Waals surface area contributed by atoms with Gasteiger partial charge in [-0.25, -0.2) is 4.79 Å². The highest BCUT2D eigenvalue weighted by Gasteiger charge is 2.31. The molecular formula is C12H17NO3. The van der Waals surface area contributed by atoms with Gasteiger partial charge in [0.05, 0.1) is 0 Å². The van der Waals surface area contributed by atoms with Crippen LogP contribution in [0.5, 0.6) is 0 Å².